The van der Waals surface area contributed by atoms with Crippen molar-refractivity contribution >= 4 is 62.3 Å². The highest BCUT2D eigenvalue weighted by Crippen LogP contribution is 2.54. The number of hydrogen-bond acceptors (Lipinski definition) is 6. The van der Waals surface area contributed by atoms with E-state index >= 15 is 4.79 Å². The number of halogens is 3. The van der Waals surface area contributed by atoms with E-state index in [1.807, 2.05) is 49.9 Å². The fourth-order valence-corrected chi connectivity index (χ4v) is 9.82. The molecule has 1 aliphatic carbocycles. The van der Waals surface area contributed by atoms with Gasteiger partial charge in [-0.3, -0.25) is 14.7 Å². The average molecular weight is 787 g/mol. The Hall–Kier alpha value is -3.11. The smallest absolute Gasteiger partial charge is 0.326 e. The number of amides is 2. The summed E-state index contributed by atoms with van der Waals surface area (Å²) in [5.74, 6) is 1.60. The molecule has 0 unspecified atom stereocenters. The van der Waals surface area contributed by atoms with Crippen molar-refractivity contribution in [3.05, 3.63) is 92.4 Å². The summed E-state index contributed by atoms with van der Waals surface area (Å²) in [5.41, 5.74) is -0.401. The summed E-state index contributed by atoms with van der Waals surface area (Å²) in [6.07, 6.45) is 8.42. The van der Waals surface area contributed by atoms with Crippen molar-refractivity contribution in [1.82, 2.24) is 9.80 Å². The van der Waals surface area contributed by atoms with Gasteiger partial charge in [0.1, 0.15) is 28.4 Å². The van der Waals surface area contributed by atoms with Gasteiger partial charge >= 0.3 is 6.03 Å². The van der Waals surface area contributed by atoms with Gasteiger partial charge in [-0.2, -0.15) is 0 Å². The van der Waals surface area contributed by atoms with Gasteiger partial charge in [-0.1, -0.05) is 84.8 Å². The molecule has 0 radical (unpaired) electrons. The lowest BCUT2D eigenvalue weighted by atomic mass is 9.71. The molecule has 0 bridgehead atoms. The normalized spacial score (nSPS) is 22.9. The van der Waals surface area contributed by atoms with Gasteiger partial charge in [0.2, 0.25) is 0 Å². The average Bonchev–Trinajstić information content (AvgIpc) is 3.69. The molecular weight excluding hydrogens is 741 g/mol. The van der Waals surface area contributed by atoms with Crippen molar-refractivity contribution in [2.24, 2.45) is 16.8 Å². The van der Waals surface area contributed by atoms with E-state index in [1.165, 1.54) is 25.0 Å². The van der Waals surface area contributed by atoms with Crippen LogP contribution in [-0.4, -0.2) is 61.8 Å². The quantitative estimate of drug-likeness (QED) is 0.204. The summed E-state index contributed by atoms with van der Waals surface area (Å²) in [6, 6.07) is 17.4. The number of urea groups is 1. The minimum Gasteiger partial charge on any atom is -0.493 e. The monoisotopic (exact) mass is 785 g/mol. The Balaban J connectivity index is 1.46. The second kappa shape index (κ2) is 15.3. The summed E-state index contributed by atoms with van der Waals surface area (Å²) in [5, 5.41) is 1.10. The first-order valence-corrected chi connectivity index (χ1v) is 21.1. The topological polar surface area (TPSA) is 96.3 Å². The van der Waals surface area contributed by atoms with Gasteiger partial charge in [-0.15, -0.1) is 0 Å². The number of aliphatic imine (C=N–C) groups is 1. The third-order valence-corrected chi connectivity index (χ3v) is 13.4. The number of rotatable bonds is 10. The first kappa shape index (κ1) is 38.6. The minimum atomic E-state index is -3.78. The standard InChI is InChI=1S/C40H46Cl3N3O5S/c1-5-51-35-25-34(43)36(52(4,49)50)24-33(35)37-44-39(2,28-10-14-30(41)15-11-28)40(3,29-12-16-31(42)17-13-29)46(37)38(48)45-20-18-27(19-21-45)23-32(47)22-26-8-6-7-9-26/h10-17,24-27H,5-9,18-23H2,1-4H3/t39-,40+/m0/s1. The molecule has 278 valence electrons. The van der Waals surface area contributed by atoms with Crippen molar-refractivity contribution in [3.8, 4) is 5.75 Å². The Morgan fingerprint density at radius 3 is 1.92 bits per heavy atom. The number of nitrogens with zero attached hydrogens (tertiary/aromatic N) is 3. The number of hydrogen-bond donors (Lipinski definition) is 0. The maximum atomic E-state index is 15.3. The second-order valence-corrected chi connectivity index (χ2v) is 18.0. The fraction of sp³-hybridized carbons (Fsp3) is 0.475. The van der Waals surface area contributed by atoms with Gasteiger partial charge in [0, 0.05) is 48.3 Å². The molecule has 2 heterocycles. The summed E-state index contributed by atoms with van der Waals surface area (Å²) in [6.45, 7) is 6.95. The number of ether oxygens (including phenoxy) is 1. The van der Waals surface area contributed by atoms with Gasteiger partial charge in [-0.05, 0) is 86.9 Å². The van der Waals surface area contributed by atoms with Crippen LogP contribution in [0.5, 0.6) is 5.75 Å². The summed E-state index contributed by atoms with van der Waals surface area (Å²) in [7, 11) is -3.78. The molecule has 2 atom stereocenters. The Bertz CT molecular complexity index is 1960. The van der Waals surface area contributed by atoms with Gasteiger partial charge in [0.15, 0.2) is 9.84 Å². The Labute approximate surface area is 322 Å². The van der Waals surface area contributed by atoms with Crippen LogP contribution in [0.3, 0.4) is 0 Å². The van der Waals surface area contributed by atoms with Crippen LogP contribution in [0.2, 0.25) is 15.1 Å². The van der Waals surface area contributed by atoms with Crippen LogP contribution in [-0.2, 0) is 25.7 Å². The first-order valence-electron chi connectivity index (χ1n) is 18.0. The van der Waals surface area contributed by atoms with Crippen LogP contribution in [0.1, 0.15) is 88.8 Å². The third kappa shape index (κ3) is 7.48. The van der Waals surface area contributed by atoms with Crippen molar-refractivity contribution in [2.45, 2.75) is 88.1 Å². The molecule has 6 rings (SSSR count). The molecule has 12 heteroatoms. The molecule has 52 heavy (non-hydrogen) atoms. The lowest BCUT2D eigenvalue weighted by molar-refractivity contribution is -0.121. The highest BCUT2D eigenvalue weighted by Gasteiger charge is 2.60. The maximum absolute atomic E-state index is 15.3. The largest absolute Gasteiger partial charge is 0.493 e. The van der Waals surface area contributed by atoms with Crippen molar-refractivity contribution in [1.29, 1.82) is 0 Å². The van der Waals surface area contributed by atoms with E-state index in [4.69, 9.17) is 44.5 Å². The number of carbonyl (C=O) groups excluding carboxylic acids is 2. The summed E-state index contributed by atoms with van der Waals surface area (Å²) < 4.78 is 32.1. The zero-order valence-corrected chi connectivity index (χ0v) is 33.2. The molecular formula is C40H46Cl3N3O5S. The van der Waals surface area contributed by atoms with Gasteiger partial charge in [0.25, 0.3) is 0 Å². The number of sulfone groups is 1. The summed E-state index contributed by atoms with van der Waals surface area (Å²) in [4.78, 5) is 37.1. The third-order valence-electron chi connectivity index (χ3n) is 11.3. The Morgan fingerprint density at radius 2 is 1.38 bits per heavy atom. The van der Waals surface area contributed by atoms with Crippen LogP contribution < -0.4 is 4.74 Å². The molecule has 2 aliphatic heterocycles. The number of benzene rings is 3. The lowest BCUT2D eigenvalue weighted by Gasteiger charge is -2.47. The second-order valence-electron chi connectivity index (χ2n) is 14.7. The first-order chi connectivity index (χ1) is 24.7. The number of carbonyl (C=O) groups is 2. The molecule has 8 nitrogen and oxygen atoms in total. The molecule has 1 saturated carbocycles. The van der Waals surface area contributed by atoms with E-state index in [0.717, 1.165) is 30.2 Å². The minimum absolute atomic E-state index is 0.0108. The van der Waals surface area contributed by atoms with E-state index in [-0.39, 0.29) is 34.3 Å². The van der Waals surface area contributed by atoms with Crippen LogP contribution in [0, 0.1) is 11.8 Å². The molecule has 3 aromatic rings. The molecule has 2 fully saturated rings. The highest BCUT2D eigenvalue weighted by atomic mass is 35.5. The maximum Gasteiger partial charge on any atom is 0.326 e. The lowest BCUT2D eigenvalue weighted by Crippen LogP contribution is -2.59. The zero-order chi connectivity index (χ0) is 37.4. The fourth-order valence-electron chi connectivity index (χ4n) is 8.25. The van der Waals surface area contributed by atoms with E-state index in [0.29, 0.717) is 71.8 Å². The van der Waals surface area contributed by atoms with Crippen LogP contribution in [0.4, 0.5) is 4.79 Å². The number of likely N-dealkylation sites (tertiary alicyclic amines) is 1. The number of Topliss-reactive ketones (excluding diaryl/α,β-unsaturated/α-hetero) is 1. The molecule has 0 N–H and O–H groups in total. The molecule has 3 aliphatic rings. The number of ketones is 1. The van der Waals surface area contributed by atoms with Crippen molar-refractivity contribution < 1.29 is 22.7 Å². The SMILES string of the molecule is CCOc1cc(Cl)c(S(C)(=O)=O)cc1C1=N[C@@](C)(c2ccc(Cl)cc2)[C@@](C)(c2ccc(Cl)cc2)N1C(=O)N1CCC(CC(=O)CC2CCCC2)CC1. The van der Waals surface area contributed by atoms with Crippen molar-refractivity contribution in [3.63, 3.8) is 0 Å². The van der Waals surface area contributed by atoms with Gasteiger partial charge in [0.05, 0.1) is 22.1 Å². The van der Waals surface area contributed by atoms with Gasteiger partial charge < -0.3 is 9.64 Å². The molecule has 1 saturated heterocycles. The van der Waals surface area contributed by atoms with E-state index in [1.54, 1.807) is 29.2 Å². The predicted molar refractivity (Wildman–Crippen MR) is 208 cm³/mol. The Kier molecular flexibility index (Phi) is 11.4. The zero-order valence-electron chi connectivity index (χ0n) is 30.1. The van der Waals surface area contributed by atoms with Crippen LogP contribution >= 0.6 is 34.8 Å². The molecule has 0 aromatic heterocycles. The molecule has 2 amide bonds. The van der Waals surface area contributed by atoms with Crippen LogP contribution in [0.25, 0.3) is 0 Å². The van der Waals surface area contributed by atoms with E-state index in [2.05, 4.69) is 0 Å². The number of piperidine rings is 1. The number of amidine groups is 1. The van der Waals surface area contributed by atoms with E-state index in [9.17, 15) is 13.2 Å². The molecule has 3 aromatic carbocycles. The Morgan fingerprint density at radius 1 is 0.846 bits per heavy atom. The van der Waals surface area contributed by atoms with E-state index < -0.39 is 20.9 Å². The molecule has 0 spiro atoms. The predicted octanol–water partition coefficient (Wildman–Crippen LogP) is 9.71. The van der Waals surface area contributed by atoms with Crippen molar-refractivity contribution in [2.75, 3.05) is 26.0 Å². The highest BCUT2D eigenvalue weighted by molar-refractivity contribution is 7.90. The summed E-state index contributed by atoms with van der Waals surface area (Å²) >= 11 is 19.3. The van der Waals surface area contributed by atoms with Gasteiger partial charge in [-0.25, -0.2) is 13.2 Å². The van der Waals surface area contributed by atoms with Crippen LogP contribution in [0.15, 0.2) is 70.6 Å².